The summed E-state index contributed by atoms with van der Waals surface area (Å²) in [7, 11) is 0. The minimum Gasteiger partial charge on any atom is -0.474 e. The molecule has 0 aromatic rings. The SMILES string of the molecule is C=C(OC(C)(C)C)N1CCCN(CC(O)CC#N)CC1. The number of aliphatic hydroxyl groups is 1. The van der Waals surface area contributed by atoms with E-state index < -0.39 is 6.10 Å². The molecule has 1 atom stereocenters. The van der Waals surface area contributed by atoms with Gasteiger partial charge < -0.3 is 14.7 Å². The third-order valence-corrected chi connectivity index (χ3v) is 3.16. The van der Waals surface area contributed by atoms with Crippen molar-refractivity contribution in [2.24, 2.45) is 0 Å². The summed E-state index contributed by atoms with van der Waals surface area (Å²) in [5.41, 5.74) is -0.230. The third-order valence-electron chi connectivity index (χ3n) is 3.16. The van der Waals surface area contributed by atoms with E-state index in [-0.39, 0.29) is 12.0 Å². The molecule has 0 bridgehead atoms. The first kappa shape index (κ1) is 16.8. The predicted octanol–water partition coefficient (Wildman–Crippen LogP) is 1.55. The van der Waals surface area contributed by atoms with Crippen LogP contribution >= 0.6 is 0 Å². The molecule has 20 heavy (non-hydrogen) atoms. The number of β-amino-alcohol motifs (C(OH)–C–C–N with tert-alkyl or cyclic N) is 1. The Kier molecular flexibility index (Phi) is 6.31. The van der Waals surface area contributed by atoms with Gasteiger partial charge in [0.25, 0.3) is 0 Å². The summed E-state index contributed by atoms with van der Waals surface area (Å²) in [4.78, 5) is 4.36. The highest BCUT2D eigenvalue weighted by Crippen LogP contribution is 2.17. The molecule has 1 unspecified atom stereocenters. The van der Waals surface area contributed by atoms with Crippen LogP contribution in [0.4, 0.5) is 0 Å². The quantitative estimate of drug-likeness (QED) is 0.775. The Morgan fingerprint density at radius 3 is 2.65 bits per heavy atom. The number of hydrogen-bond donors (Lipinski definition) is 1. The maximum atomic E-state index is 9.70. The van der Waals surface area contributed by atoms with E-state index in [1.807, 2.05) is 26.8 Å². The number of nitrogens with zero attached hydrogens (tertiary/aromatic N) is 3. The van der Waals surface area contributed by atoms with E-state index in [1.54, 1.807) is 0 Å². The number of nitriles is 1. The lowest BCUT2D eigenvalue weighted by Crippen LogP contribution is -2.36. The Morgan fingerprint density at radius 2 is 2.05 bits per heavy atom. The first-order valence-electron chi connectivity index (χ1n) is 7.22. The topological polar surface area (TPSA) is 59.7 Å². The van der Waals surface area contributed by atoms with Crippen LogP contribution in [0.3, 0.4) is 0 Å². The number of aliphatic hydroxyl groups excluding tert-OH is 1. The molecule has 1 aliphatic heterocycles. The van der Waals surface area contributed by atoms with Gasteiger partial charge in [0.2, 0.25) is 0 Å². The number of hydrogen-bond acceptors (Lipinski definition) is 5. The summed E-state index contributed by atoms with van der Waals surface area (Å²) in [6, 6.07) is 2.00. The molecule has 0 aromatic heterocycles. The van der Waals surface area contributed by atoms with Crippen molar-refractivity contribution in [3.63, 3.8) is 0 Å². The molecule has 0 aromatic carbocycles. The zero-order chi connectivity index (χ0) is 15.2. The molecule has 5 nitrogen and oxygen atoms in total. The minimum atomic E-state index is -0.555. The van der Waals surface area contributed by atoms with Crippen molar-refractivity contribution in [1.82, 2.24) is 9.80 Å². The Labute approximate surface area is 122 Å². The van der Waals surface area contributed by atoms with E-state index in [0.29, 0.717) is 6.54 Å². The van der Waals surface area contributed by atoms with Crippen LogP contribution in [-0.4, -0.2) is 59.3 Å². The van der Waals surface area contributed by atoms with Crippen molar-refractivity contribution in [2.45, 2.75) is 45.3 Å². The molecule has 1 heterocycles. The van der Waals surface area contributed by atoms with Crippen LogP contribution in [0.1, 0.15) is 33.6 Å². The van der Waals surface area contributed by atoms with Crippen molar-refractivity contribution in [2.75, 3.05) is 32.7 Å². The van der Waals surface area contributed by atoms with Gasteiger partial charge in [-0.15, -0.1) is 0 Å². The van der Waals surface area contributed by atoms with E-state index in [1.165, 1.54) is 0 Å². The van der Waals surface area contributed by atoms with Gasteiger partial charge in [0.15, 0.2) is 5.88 Å². The van der Waals surface area contributed by atoms with E-state index >= 15 is 0 Å². The number of ether oxygens (including phenoxy) is 1. The lowest BCUT2D eigenvalue weighted by Gasteiger charge is -2.30. The van der Waals surface area contributed by atoms with Crippen LogP contribution in [0.25, 0.3) is 0 Å². The second kappa shape index (κ2) is 7.51. The highest BCUT2D eigenvalue weighted by molar-refractivity contribution is 4.89. The van der Waals surface area contributed by atoms with Crippen molar-refractivity contribution in [3.05, 3.63) is 12.5 Å². The Balaban J connectivity index is 2.43. The van der Waals surface area contributed by atoms with E-state index in [0.717, 1.165) is 38.5 Å². The maximum absolute atomic E-state index is 9.70. The van der Waals surface area contributed by atoms with Gasteiger partial charge in [0.05, 0.1) is 18.6 Å². The number of rotatable bonds is 5. The van der Waals surface area contributed by atoms with Gasteiger partial charge in [-0.25, -0.2) is 0 Å². The second-order valence-electron chi connectivity index (χ2n) is 6.27. The van der Waals surface area contributed by atoms with Gasteiger partial charge in [-0.1, -0.05) is 0 Å². The molecule has 0 radical (unpaired) electrons. The molecule has 1 fully saturated rings. The van der Waals surface area contributed by atoms with Crippen LogP contribution < -0.4 is 0 Å². The zero-order valence-electron chi connectivity index (χ0n) is 12.9. The van der Waals surface area contributed by atoms with Gasteiger partial charge >= 0.3 is 0 Å². The molecule has 1 aliphatic rings. The van der Waals surface area contributed by atoms with Gasteiger partial charge in [-0.3, -0.25) is 4.90 Å². The van der Waals surface area contributed by atoms with Gasteiger partial charge in [-0.2, -0.15) is 5.26 Å². The molecular weight excluding hydrogens is 254 g/mol. The van der Waals surface area contributed by atoms with E-state index in [2.05, 4.69) is 16.4 Å². The van der Waals surface area contributed by atoms with Crippen molar-refractivity contribution in [3.8, 4) is 6.07 Å². The molecule has 1 rings (SSSR count). The van der Waals surface area contributed by atoms with Crippen LogP contribution in [0.15, 0.2) is 12.5 Å². The lowest BCUT2D eigenvalue weighted by atomic mass is 10.2. The van der Waals surface area contributed by atoms with Crippen LogP contribution in [-0.2, 0) is 4.74 Å². The van der Waals surface area contributed by atoms with Gasteiger partial charge in [0.1, 0.15) is 5.60 Å². The Bertz CT molecular complexity index is 357. The summed E-state index contributed by atoms with van der Waals surface area (Å²) in [5, 5.41) is 18.3. The summed E-state index contributed by atoms with van der Waals surface area (Å²) in [5.74, 6) is 0.719. The summed E-state index contributed by atoms with van der Waals surface area (Å²) in [6.07, 6.45) is 0.645. The average Bonchev–Trinajstić information content (AvgIpc) is 2.52. The maximum Gasteiger partial charge on any atom is 0.182 e. The monoisotopic (exact) mass is 281 g/mol. The molecule has 0 aliphatic carbocycles. The lowest BCUT2D eigenvalue weighted by molar-refractivity contribution is 0.00370. The standard InChI is InChI=1S/C15H27N3O2/c1-13(20-15(2,3)4)18-9-5-8-17(10-11-18)12-14(19)6-7-16/h14,19H,1,5-6,8-12H2,2-4H3. The molecule has 5 heteroatoms. The van der Waals surface area contributed by atoms with E-state index in [4.69, 9.17) is 10.00 Å². The highest BCUT2D eigenvalue weighted by Gasteiger charge is 2.21. The molecule has 0 amide bonds. The van der Waals surface area contributed by atoms with Crippen molar-refractivity contribution >= 4 is 0 Å². The minimum absolute atomic E-state index is 0.195. The summed E-state index contributed by atoms with van der Waals surface area (Å²) in [6.45, 7) is 14.2. The average molecular weight is 281 g/mol. The van der Waals surface area contributed by atoms with Crippen LogP contribution in [0.2, 0.25) is 0 Å². The fourth-order valence-electron chi connectivity index (χ4n) is 2.29. The Hall–Kier alpha value is -1.25. The summed E-state index contributed by atoms with van der Waals surface area (Å²) >= 11 is 0. The molecule has 114 valence electrons. The molecular formula is C15H27N3O2. The van der Waals surface area contributed by atoms with E-state index in [9.17, 15) is 5.11 Å². The summed E-state index contributed by atoms with van der Waals surface area (Å²) < 4.78 is 5.81. The third kappa shape index (κ3) is 6.27. The fourth-order valence-corrected chi connectivity index (χ4v) is 2.29. The normalized spacial score (nSPS) is 19.1. The predicted molar refractivity (Wildman–Crippen MR) is 78.8 cm³/mol. The smallest absolute Gasteiger partial charge is 0.182 e. The second-order valence-corrected chi connectivity index (χ2v) is 6.27. The van der Waals surface area contributed by atoms with Gasteiger partial charge in [0, 0.05) is 26.2 Å². The van der Waals surface area contributed by atoms with Crippen LogP contribution in [0, 0.1) is 11.3 Å². The molecule has 1 saturated heterocycles. The fraction of sp³-hybridized carbons (Fsp3) is 0.800. The largest absolute Gasteiger partial charge is 0.474 e. The Morgan fingerprint density at radius 1 is 1.35 bits per heavy atom. The van der Waals surface area contributed by atoms with Crippen LogP contribution in [0.5, 0.6) is 0 Å². The van der Waals surface area contributed by atoms with Gasteiger partial charge in [-0.05, 0) is 40.3 Å². The first-order valence-corrected chi connectivity index (χ1v) is 7.22. The highest BCUT2D eigenvalue weighted by atomic mass is 16.5. The van der Waals surface area contributed by atoms with Crippen molar-refractivity contribution in [1.29, 1.82) is 5.26 Å². The molecule has 1 N–H and O–H groups in total. The van der Waals surface area contributed by atoms with Crippen molar-refractivity contribution < 1.29 is 9.84 Å². The first-order chi connectivity index (χ1) is 9.31. The molecule has 0 saturated carbocycles. The molecule has 0 spiro atoms. The zero-order valence-corrected chi connectivity index (χ0v) is 12.9.